The van der Waals surface area contributed by atoms with Crippen molar-refractivity contribution in [2.24, 2.45) is 5.92 Å². The average molecular weight is 277 g/mol. The molecule has 0 saturated heterocycles. The van der Waals surface area contributed by atoms with Crippen LogP contribution in [0.25, 0.3) is 5.65 Å². The highest BCUT2D eigenvalue weighted by atomic mass is 16.1. The number of H-pyrrole nitrogens is 1. The summed E-state index contributed by atoms with van der Waals surface area (Å²) in [6, 6.07) is 1.77. The Labute approximate surface area is 118 Å². The molecule has 0 aromatic carbocycles. The molecule has 0 atom stereocenters. The molecular formula is C14H23N5O. The number of hydrogen-bond acceptors (Lipinski definition) is 4. The van der Waals surface area contributed by atoms with E-state index in [1.807, 2.05) is 0 Å². The van der Waals surface area contributed by atoms with Gasteiger partial charge in [0.25, 0.3) is 0 Å². The van der Waals surface area contributed by atoms with Gasteiger partial charge in [0.2, 0.25) is 0 Å². The van der Waals surface area contributed by atoms with E-state index in [1.54, 1.807) is 6.07 Å². The number of rotatable bonds is 8. The van der Waals surface area contributed by atoms with Gasteiger partial charge in [-0.2, -0.15) is 5.10 Å². The van der Waals surface area contributed by atoms with Crippen LogP contribution in [0, 0.1) is 5.92 Å². The predicted octanol–water partition coefficient (Wildman–Crippen LogP) is 2.44. The third-order valence-corrected chi connectivity index (χ3v) is 3.32. The molecule has 2 aromatic heterocycles. The van der Waals surface area contributed by atoms with Crippen molar-refractivity contribution in [3.63, 3.8) is 0 Å². The Morgan fingerprint density at radius 1 is 1.30 bits per heavy atom. The van der Waals surface area contributed by atoms with E-state index in [0.29, 0.717) is 5.65 Å². The average Bonchev–Trinajstić information content (AvgIpc) is 2.78. The highest BCUT2D eigenvalue weighted by molar-refractivity contribution is 5.48. The third kappa shape index (κ3) is 4.08. The topological polar surface area (TPSA) is 75.1 Å². The Hall–Kier alpha value is -1.85. The first-order valence-corrected chi connectivity index (χ1v) is 7.33. The van der Waals surface area contributed by atoms with Gasteiger partial charge in [0.05, 0.1) is 0 Å². The zero-order chi connectivity index (χ0) is 14.4. The molecular weight excluding hydrogens is 254 g/mol. The highest BCUT2D eigenvalue weighted by Crippen LogP contribution is 2.10. The molecule has 2 heterocycles. The molecule has 2 rings (SSSR count). The summed E-state index contributed by atoms with van der Waals surface area (Å²) >= 11 is 0. The molecule has 0 amide bonds. The van der Waals surface area contributed by atoms with Crippen LogP contribution in [0.15, 0.2) is 17.2 Å². The van der Waals surface area contributed by atoms with Gasteiger partial charge in [0, 0.05) is 12.6 Å². The fraction of sp³-hybridized carbons (Fsp3) is 0.643. The minimum atomic E-state index is -0.260. The van der Waals surface area contributed by atoms with E-state index in [2.05, 4.69) is 34.3 Å². The number of aromatic amines is 1. The number of nitrogens with zero attached hydrogens (tertiary/aromatic N) is 3. The van der Waals surface area contributed by atoms with Gasteiger partial charge < -0.3 is 5.32 Å². The maximum absolute atomic E-state index is 11.3. The molecule has 0 saturated carbocycles. The second kappa shape index (κ2) is 7.07. The molecule has 0 unspecified atom stereocenters. The minimum Gasteiger partial charge on any atom is -0.370 e. The van der Waals surface area contributed by atoms with E-state index < -0.39 is 0 Å². The molecule has 0 aliphatic heterocycles. The molecule has 0 radical (unpaired) electrons. The van der Waals surface area contributed by atoms with Crippen molar-refractivity contribution in [2.45, 2.75) is 46.0 Å². The van der Waals surface area contributed by atoms with Gasteiger partial charge >= 0.3 is 5.69 Å². The molecule has 0 bridgehead atoms. The largest absolute Gasteiger partial charge is 0.370 e. The van der Waals surface area contributed by atoms with E-state index in [1.165, 1.54) is 36.4 Å². The van der Waals surface area contributed by atoms with E-state index >= 15 is 0 Å². The monoisotopic (exact) mass is 277 g/mol. The van der Waals surface area contributed by atoms with Crippen LogP contribution < -0.4 is 11.0 Å². The van der Waals surface area contributed by atoms with Crippen LogP contribution >= 0.6 is 0 Å². The summed E-state index contributed by atoms with van der Waals surface area (Å²) in [5.41, 5.74) is 0.327. The first-order chi connectivity index (χ1) is 9.66. The summed E-state index contributed by atoms with van der Waals surface area (Å²) in [4.78, 5) is 15.5. The van der Waals surface area contributed by atoms with E-state index in [-0.39, 0.29) is 5.69 Å². The van der Waals surface area contributed by atoms with E-state index in [0.717, 1.165) is 24.7 Å². The smallest absolute Gasteiger partial charge is 0.348 e. The van der Waals surface area contributed by atoms with Crippen molar-refractivity contribution in [3.8, 4) is 0 Å². The van der Waals surface area contributed by atoms with Crippen LogP contribution in [0.1, 0.15) is 46.0 Å². The van der Waals surface area contributed by atoms with Gasteiger partial charge in [-0.3, -0.25) is 0 Å². The second-order valence-electron chi connectivity index (χ2n) is 5.55. The maximum atomic E-state index is 11.3. The summed E-state index contributed by atoms with van der Waals surface area (Å²) in [6.07, 6.45) is 7.80. The van der Waals surface area contributed by atoms with Gasteiger partial charge in [-0.15, -0.1) is 0 Å². The van der Waals surface area contributed by atoms with Crippen molar-refractivity contribution in [1.29, 1.82) is 0 Å². The van der Waals surface area contributed by atoms with Crippen molar-refractivity contribution < 1.29 is 0 Å². The first-order valence-electron chi connectivity index (χ1n) is 7.33. The molecule has 20 heavy (non-hydrogen) atoms. The molecule has 0 aliphatic rings. The molecule has 0 spiro atoms. The van der Waals surface area contributed by atoms with Gasteiger partial charge in [-0.25, -0.2) is 19.3 Å². The van der Waals surface area contributed by atoms with Crippen LogP contribution in [0.4, 0.5) is 5.82 Å². The Kier molecular flexibility index (Phi) is 5.15. The fourth-order valence-corrected chi connectivity index (χ4v) is 2.15. The number of fused-ring (bicyclic) bond motifs is 1. The first kappa shape index (κ1) is 14.6. The SMILES string of the molecule is CC(C)CCCCCCNc1cc2n[nH]c(=O)n2cn1. The van der Waals surface area contributed by atoms with E-state index in [9.17, 15) is 4.79 Å². The van der Waals surface area contributed by atoms with Gasteiger partial charge in [-0.1, -0.05) is 39.5 Å². The van der Waals surface area contributed by atoms with Crippen LogP contribution in [-0.4, -0.2) is 26.1 Å². The van der Waals surface area contributed by atoms with Crippen molar-refractivity contribution >= 4 is 11.5 Å². The van der Waals surface area contributed by atoms with Crippen LogP contribution in [0.2, 0.25) is 0 Å². The normalized spacial score (nSPS) is 11.3. The lowest BCUT2D eigenvalue weighted by Crippen LogP contribution is -2.10. The van der Waals surface area contributed by atoms with Gasteiger partial charge in [0.1, 0.15) is 12.1 Å². The zero-order valence-electron chi connectivity index (χ0n) is 12.2. The second-order valence-corrected chi connectivity index (χ2v) is 5.55. The Morgan fingerprint density at radius 3 is 2.90 bits per heavy atom. The maximum Gasteiger partial charge on any atom is 0.348 e. The third-order valence-electron chi connectivity index (χ3n) is 3.32. The van der Waals surface area contributed by atoms with Gasteiger partial charge in [-0.05, 0) is 12.3 Å². The zero-order valence-corrected chi connectivity index (χ0v) is 12.2. The van der Waals surface area contributed by atoms with Crippen LogP contribution in [0.3, 0.4) is 0 Å². The summed E-state index contributed by atoms with van der Waals surface area (Å²) < 4.78 is 1.39. The Morgan fingerprint density at radius 2 is 2.10 bits per heavy atom. The Balaban J connectivity index is 1.69. The lowest BCUT2D eigenvalue weighted by molar-refractivity contribution is 0.523. The van der Waals surface area contributed by atoms with Crippen LogP contribution in [-0.2, 0) is 0 Å². The number of aromatic nitrogens is 4. The van der Waals surface area contributed by atoms with Gasteiger partial charge in [0.15, 0.2) is 5.65 Å². The molecule has 110 valence electrons. The lowest BCUT2D eigenvalue weighted by atomic mass is 10.0. The number of nitrogens with one attached hydrogen (secondary N) is 2. The minimum absolute atomic E-state index is 0.260. The summed E-state index contributed by atoms with van der Waals surface area (Å²) in [5.74, 6) is 1.57. The number of unbranched alkanes of at least 4 members (excludes halogenated alkanes) is 3. The highest BCUT2D eigenvalue weighted by Gasteiger charge is 2.01. The van der Waals surface area contributed by atoms with Crippen molar-refractivity contribution in [1.82, 2.24) is 19.6 Å². The molecule has 2 aromatic rings. The number of anilines is 1. The number of hydrogen-bond donors (Lipinski definition) is 2. The molecule has 6 nitrogen and oxygen atoms in total. The van der Waals surface area contributed by atoms with Crippen molar-refractivity contribution in [2.75, 3.05) is 11.9 Å². The van der Waals surface area contributed by atoms with Crippen molar-refractivity contribution in [3.05, 3.63) is 22.9 Å². The molecule has 0 fully saturated rings. The fourth-order valence-electron chi connectivity index (χ4n) is 2.15. The van der Waals surface area contributed by atoms with E-state index in [4.69, 9.17) is 0 Å². The molecule has 2 N–H and O–H groups in total. The quantitative estimate of drug-likeness (QED) is 0.727. The molecule has 6 heteroatoms. The molecule has 0 aliphatic carbocycles. The predicted molar refractivity (Wildman–Crippen MR) is 80.0 cm³/mol. The lowest BCUT2D eigenvalue weighted by Gasteiger charge is -2.06. The van der Waals surface area contributed by atoms with Crippen LogP contribution in [0.5, 0.6) is 0 Å². The summed E-state index contributed by atoms with van der Waals surface area (Å²) in [7, 11) is 0. The standard InChI is InChI=1S/C14H23N5O/c1-11(2)7-5-3-4-6-8-15-12-9-13-17-18-14(20)19(13)10-16-12/h9-11,15H,3-8H2,1-2H3,(H,18,20). The summed E-state index contributed by atoms with van der Waals surface area (Å²) in [6.45, 7) is 5.44. The summed E-state index contributed by atoms with van der Waals surface area (Å²) in [5, 5.41) is 9.57. The Bertz CT molecular complexity index is 587.